The smallest absolute Gasteiger partial charge is 0.0675 e. The minimum Gasteiger partial charge on any atom is -0.398 e. The molecular weight excluding hydrogens is 386 g/mol. The van der Waals surface area contributed by atoms with Gasteiger partial charge < -0.3 is 5.73 Å². The van der Waals surface area contributed by atoms with Gasteiger partial charge in [0.1, 0.15) is 0 Å². The molecule has 0 fully saturated rings. The van der Waals surface area contributed by atoms with E-state index in [4.69, 9.17) is 5.73 Å². The Kier molecular flexibility index (Phi) is 5.27. The van der Waals surface area contributed by atoms with Crippen LogP contribution in [0.4, 0.5) is 5.69 Å². The Balaban J connectivity index is 1.80. The van der Waals surface area contributed by atoms with Crippen molar-refractivity contribution >= 4 is 11.3 Å². The second kappa shape index (κ2) is 8.38. The lowest BCUT2D eigenvalue weighted by atomic mass is 9.64. The summed E-state index contributed by atoms with van der Waals surface area (Å²) in [6.45, 7) is 2.04. The van der Waals surface area contributed by atoms with Gasteiger partial charge in [-0.25, -0.2) is 0 Å². The summed E-state index contributed by atoms with van der Waals surface area (Å²) in [4.78, 5) is 0. The summed E-state index contributed by atoms with van der Waals surface area (Å²) >= 11 is 0. The highest BCUT2D eigenvalue weighted by Crippen LogP contribution is 2.50. The molecule has 3 aromatic carbocycles. The van der Waals surface area contributed by atoms with Crippen LogP contribution in [-0.2, 0) is 5.41 Å². The maximum atomic E-state index is 6.38. The summed E-state index contributed by atoms with van der Waals surface area (Å²) in [5.41, 5.74) is 19.1. The third-order valence-electron chi connectivity index (χ3n) is 6.51. The zero-order chi connectivity index (χ0) is 22.0. The van der Waals surface area contributed by atoms with E-state index in [2.05, 4.69) is 103 Å². The number of rotatable bonds is 5. The van der Waals surface area contributed by atoms with Crippen LogP contribution in [0.25, 0.3) is 16.7 Å². The summed E-state index contributed by atoms with van der Waals surface area (Å²) < 4.78 is 0. The van der Waals surface area contributed by atoms with Crippen LogP contribution in [0.15, 0.2) is 121 Å². The second-order valence-electron chi connectivity index (χ2n) is 8.37. The third kappa shape index (κ3) is 3.28. The number of anilines is 1. The summed E-state index contributed by atoms with van der Waals surface area (Å²) in [5, 5.41) is 0. The highest BCUT2D eigenvalue weighted by Gasteiger charge is 2.40. The second-order valence-corrected chi connectivity index (χ2v) is 8.37. The van der Waals surface area contributed by atoms with Crippen molar-refractivity contribution in [1.82, 2.24) is 0 Å². The average Bonchev–Trinajstić information content (AvgIpc) is 3.38. The summed E-state index contributed by atoms with van der Waals surface area (Å²) in [6, 6.07) is 25.8. The van der Waals surface area contributed by atoms with Crippen LogP contribution in [-0.4, -0.2) is 0 Å². The lowest BCUT2D eigenvalue weighted by Crippen LogP contribution is -2.30. The van der Waals surface area contributed by atoms with E-state index >= 15 is 0 Å². The number of nitrogen functional groups attached to an aromatic ring is 1. The Hall–Kier alpha value is -3.80. The highest BCUT2D eigenvalue weighted by atomic mass is 14.6. The fourth-order valence-electron chi connectivity index (χ4n) is 4.99. The minimum atomic E-state index is -0.308. The van der Waals surface area contributed by atoms with Crippen molar-refractivity contribution in [3.63, 3.8) is 0 Å². The van der Waals surface area contributed by atoms with E-state index in [1.54, 1.807) is 0 Å². The number of nitrogens with two attached hydrogens (primary N) is 1. The van der Waals surface area contributed by atoms with Gasteiger partial charge in [0.25, 0.3) is 0 Å². The van der Waals surface area contributed by atoms with Gasteiger partial charge in [0.15, 0.2) is 0 Å². The number of allylic oxidation sites excluding steroid dienone is 7. The quantitative estimate of drug-likeness (QED) is 0.260. The number of benzene rings is 3. The van der Waals surface area contributed by atoms with Crippen molar-refractivity contribution in [1.29, 1.82) is 0 Å². The van der Waals surface area contributed by atoms with Gasteiger partial charge in [-0.1, -0.05) is 91.0 Å². The van der Waals surface area contributed by atoms with Gasteiger partial charge in [-0.3, -0.25) is 0 Å². The van der Waals surface area contributed by atoms with Gasteiger partial charge in [-0.05, 0) is 71.4 Å². The lowest BCUT2D eigenvalue weighted by molar-refractivity contribution is 0.716. The van der Waals surface area contributed by atoms with Crippen LogP contribution < -0.4 is 5.73 Å². The van der Waals surface area contributed by atoms with Gasteiger partial charge in [0.05, 0.1) is 5.41 Å². The Bertz CT molecular complexity index is 1310. The van der Waals surface area contributed by atoms with Crippen molar-refractivity contribution in [3.05, 3.63) is 137 Å². The Labute approximate surface area is 190 Å². The van der Waals surface area contributed by atoms with Gasteiger partial charge in [-0.15, -0.1) is 5.73 Å². The van der Waals surface area contributed by atoms with E-state index in [-0.39, 0.29) is 5.41 Å². The van der Waals surface area contributed by atoms with Gasteiger partial charge in [0, 0.05) is 11.3 Å². The van der Waals surface area contributed by atoms with E-state index in [0.29, 0.717) is 0 Å². The molecule has 0 heterocycles. The molecule has 32 heavy (non-hydrogen) atoms. The molecule has 0 saturated carbocycles. The summed E-state index contributed by atoms with van der Waals surface area (Å²) in [5.74, 6) is 0. The van der Waals surface area contributed by atoms with Gasteiger partial charge >= 0.3 is 0 Å². The van der Waals surface area contributed by atoms with E-state index in [0.717, 1.165) is 24.1 Å². The normalized spacial score (nSPS) is 19.5. The fourth-order valence-corrected chi connectivity index (χ4v) is 4.99. The molecule has 2 bridgehead atoms. The topological polar surface area (TPSA) is 26.0 Å². The highest BCUT2D eigenvalue weighted by molar-refractivity contribution is 5.92. The number of fused-ring (bicyclic) bond motifs is 2. The van der Waals surface area contributed by atoms with Crippen LogP contribution in [0, 0.1) is 0 Å². The number of para-hydroxylation sites is 1. The molecule has 1 atom stereocenters. The molecule has 156 valence electrons. The first kappa shape index (κ1) is 20.1. The monoisotopic (exact) mass is 413 g/mol. The average molecular weight is 414 g/mol. The predicted molar refractivity (Wildman–Crippen MR) is 136 cm³/mol. The summed E-state index contributed by atoms with van der Waals surface area (Å²) in [7, 11) is 0. The lowest BCUT2D eigenvalue weighted by Gasteiger charge is -2.38. The van der Waals surface area contributed by atoms with Crippen molar-refractivity contribution in [3.8, 4) is 11.1 Å². The van der Waals surface area contributed by atoms with Crippen molar-refractivity contribution in [2.45, 2.75) is 25.2 Å². The molecule has 0 amide bonds. The first-order valence-corrected chi connectivity index (χ1v) is 11.3. The Morgan fingerprint density at radius 1 is 0.844 bits per heavy atom. The molecule has 0 saturated heterocycles. The molecule has 0 radical (unpaired) electrons. The fraction of sp³-hybridized carbons (Fsp3) is 0.129. The van der Waals surface area contributed by atoms with Crippen molar-refractivity contribution in [2.75, 3.05) is 5.73 Å². The predicted octanol–water partition coefficient (Wildman–Crippen LogP) is 7.63. The van der Waals surface area contributed by atoms with Crippen LogP contribution in [0.1, 0.15) is 36.5 Å². The first-order chi connectivity index (χ1) is 15.7. The minimum absolute atomic E-state index is 0.308. The molecule has 2 N–H and O–H groups in total. The molecule has 0 aliphatic heterocycles. The summed E-state index contributed by atoms with van der Waals surface area (Å²) in [6.07, 6.45) is 15.2. The maximum Gasteiger partial charge on any atom is 0.0675 e. The Morgan fingerprint density at radius 3 is 2.41 bits per heavy atom. The molecule has 2 aliphatic carbocycles. The third-order valence-corrected chi connectivity index (χ3v) is 6.51. The maximum absolute atomic E-state index is 6.38. The van der Waals surface area contributed by atoms with Crippen LogP contribution in [0.2, 0.25) is 0 Å². The molecule has 0 aromatic heterocycles. The van der Waals surface area contributed by atoms with E-state index in [1.807, 2.05) is 19.1 Å². The molecule has 1 heteroatoms. The molecule has 1 nitrogen and oxygen atoms in total. The number of hydrogen-bond acceptors (Lipinski definition) is 1. The largest absolute Gasteiger partial charge is 0.398 e. The molecule has 5 rings (SSSR count). The van der Waals surface area contributed by atoms with Crippen LogP contribution >= 0.6 is 0 Å². The molecule has 3 aromatic rings. The standard InChI is InChI=1S/C31H27N/c1-2-3-5-12-23-22-31(25-15-8-9-16-25,24-13-6-4-7-14-24)26-19-20-27(29(23)21-26)28-17-10-11-18-30(28)32/h2-8,10-14,17-22H,9,16,32H2,1H3/b3-2-,12-5-. The molecular formula is C31H27N. The molecule has 1 unspecified atom stereocenters. The van der Waals surface area contributed by atoms with Crippen LogP contribution in [0.3, 0.4) is 0 Å². The van der Waals surface area contributed by atoms with Crippen molar-refractivity contribution in [2.24, 2.45) is 0 Å². The van der Waals surface area contributed by atoms with E-state index in [1.165, 1.54) is 33.4 Å². The molecule has 2 aliphatic rings. The van der Waals surface area contributed by atoms with E-state index in [9.17, 15) is 0 Å². The van der Waals surface area contributed by atoms with Gasteiger partial charge in [-0.2, -0.15) is 0 Å². The number of hydrogen-bond donors (Lipinski definition) is 1. The van der Waals surface area contributed by atoms with Crippen molar-refractivity contribution < 1.29 is 0 Å². The Morgan fingerprint density at radius 2 is 1.66 bits per heavy atom. The van der Waals surface area contributed by atoms with Crippen LogP contribution in [0.5, 0.6) is 0 Å². The zero-order valence-corrected chi connectivity index (χ0v) is 18.4. The molecule has 0 spiro atoms. The van der Waals surface area contributed by atoms with Gasteiger partial charge in [0.2, 0.25) is 0 Å². The first-order valence-electron chi connectivity index (χ1n) is 11.3. The van der Waals surface area contributed by atoms with E-state index < -0.39 is 0 Å². The SMILES string of the molecule is C/C=C\C=C/C1=CC(C2=C=CCC2)(c2ccccc2)c2ccc(-c3ccccc3N)c1c2. The zero-order valence-electron chi connectivity index (χ0n) is 18.4.